The number of hydrogen-bond donors (Lipinski definition) is 0. The van der Waals surface area contributed by atoms with Crippen molar-refractivity contribution >= 4 is 5.69 Å². The van der Waals surface area contributed by atoms with Crippen LogP contribution >= 0.6 is 0 Å². The Labute approximate surface area is 84.2 Å². The van der Waals surface area contributed by atoms with Crippen LogP contribution in [-0.4, -0.2) is 33.4 Å². The SMILES string of the molecule is COc1[c]ccc(N2CCOCC2)c1. The number of nitrogens with zero attached hydrogens (tertiary/aromatic N) is 1. The van der Waals surface area contributed by atoms with Crippen LogP contribution in [0.15, 0.2) is 18.2 Å². The van der Waals surface area contributed by atoms with Gasteiger partial charge in [-0.15, -0.1) is 0 Å². The van der Waals surface area contributed by atoms with Gasteiger partial charge >= 0.3 is 0 Å². The first-order chi connectivity index (χ1) is 6.90. The monoisotopic (exact) mass is 192 g/mol. The maximum atomic E-state index is 5.30. The molecule has 1 aromatic rings. The number of benzene rings is 1. The van der Waals surface area contributed by atoms with Crippen LogP contribution < -0.4 is 9.64 Å². The molecule has 0 amide bonds. The van der Waals surface area contributed by atoms with E-state index in [4.69, 9.17) is 9.47 Å². The van der Waals surface area contributed by atoms with Gasteiger partial charge in [0.1, 0.15) is 5.75 Å². The zero-order chi connectivity index (χ0) is 9.80. The summed E-state index contributed by atoms with van der Waals surface area (Å²) in [5.74, 6) is 0.786. The average Bonchev–Trinajstić information content (AvgIpc) is 2.30. The highest BCUT2D eigenvalue weighted by Gasteiger charge is 2.11. The summed E-state index contributed by atoms with van der Waals surface area (Å²) in [6, 6.07) is 8.96. The first-order valence-corrected chi connectivity index (χ1v) is 4.78. The molecule has 1 saturated heterocycles. The van der Waals surface area contributed by atoms with E-state index in [1.807, 2.05) is 18.2 Å². The molecule has 1 aliphatic heterocycles. The zero-order valence-electron chi connectivity index (χ0n) is 8.32. The normalized spacial score (nSPS) is 16.8. The van der Waals surface area contributed by atoms with Gasteiger partial charge in [0.15, 0.2) is 0 Å². The second-order valence-electron chi connectivity index (χ2n) is 3.21. The van der Waals surface area contributed by atoms with Crippen molar-refractivity contribution in [3.05, 3.63) is 24.3 Å². The average molecular weight is 192 g/mol. The van der Waals surface area contributed by atoms with Crippen molar-refractivity contribution in [2.45, 2.75) is 0 Å². The summed E-state index contributed by atoms with van der Waals surface area (Å²) in [5.41, 5.74) is 1.18. The number of rotatable bonds is 2. The Hall–Kier alpha value is -1.22. The molecule has 3 heteroatoms. The summed E-state index contributed by atoms with van der Waals surface area (Å²) in [4.78, 5) is 2.29. The highest BCUT2D eigenvalue weighted by atomic mass is 16.5. The third-order valence-corrected chi connectivity index (χ3v) is 2.35. The van der Waals surface area contributed by atoms with Crippen molar-refractivity contribution in [1.29, 1.82) is 0 Å². The largest absolute Gasteiger partial charge is 0.496 e. The lowest BCUT2D eigenvalue weighted by molar-refractivity contribution is 0.122. The van der Waals surface area contributed by atoms with Crippen LogP contribution in [0.25, 0.3) is 0 Å². The first kappa shape index (κ1) is 9.34. The molecule has 1 aliphatic rings. The topological polar surface area (TPSA) is 21.7 Å². The Bertz CT molecular complexity index is 295. The molecular formula is C11H14NO2. The van der Waals surface area contributed by atoms with Crippen LogP contribution in [0.3, 0.4) is 0 Å². The molecule has 75 valence electrons. The number of ether oxygens (including phenoxy) is 2. The van der Waals surface area contributed by atoms with Crippen LogP contribution in [-0.2, 0) is 4.74 Å². The van der Waals surface area contributed by atoms with Gasteiger partial charge in [0.05, 0.1) is 20.3 Å². The number of anilines is 1. The van der Waals surface area contributed by atoms with E-state index in [1.165, 1.54) is 5.69 Å². The van der Waals surface area contributed by atoms with Gasteiger partial charge in [-0.25, -0.2) is 0 Å². The molecule has 1 radical (unpaired) electrons. The third-order valence-electron chi connectivity index (χ3n) is 2.35. The van der Waals surface area contributed by atoms with E-state index in [2.05, 4.69) is 11.0 Å². The van der Waals surface area contributed by atoms with Crippen molar-refractivity contribution in [3.8, 4) is 5.75 Å². The van der Waals surface area contributed by atoms with E-state index in [0.29, 0.717) is 0 Å². The van der Waals surface area contributed by atoms with Crippen LogP contribution in [0.5, 0.6) is 5.75 Å². The Balaban J connectivity index is 2.13. The highest BCUT2D eigenvalue weighted by Crippen LogP contribution is 2.20. The van der Waals surface area contributed by atoms with E-state index >= 15 is 0 Å². The van der Waals surface area contributed by atoms with Crippen molar-refractivity contribution < 1.29 is 9.47 Å². The summed E-state index contributed by atoms with van der Waals surface area (Å²) >= 11 is 0. The summed E-state index contributed by atoms with van der Waals surface area (Å²) < 4.78 is 10.4. The first-order valence-electron chi connectivity index (χ1n) is 4.78. The van der Waals surface area contributed by atoms with Gasteiger partial charge in [0.25, 0.3) is 0 Å². The molecule has 0 bridgehead atoms. The van der Waals surface area contributed by atoms with Crippen molar-refractivity contribution in [1.82, 2.24) is 0 Å². The second kappa shape index (κ2) is 4.33. The quantitative estimate of drug-likeness (QED) is 0.705. The van der Waals surface area contributed by atoms with Gasteiger partial charge in [-0.3, -0.25) is 0 Å². The highest BCUT2D eigenvalue weighted by molar-refractivity contribution is 5.50. The summed E-state index contributed by atoms with van der Waals surface area (Å²) in [7, 11) is 1.66. The molecule has 1 fully saturated rings. The molecule has 0 aliphatic carbocycles. The molecule has 2 rings (SSSR count). The van der Waals surface area contributed by atoms with Gasteiger partial charge in [0, 0.05) is 30.9 Å². The van der Waals surface area contributed by atoms with E-state index in [1.54, 1.807) is 7.11 Å². The Morgan fingerprint density at radius 1 is 1.43 bits per heavy atom. The predicted molar refractivity (Wildman–Crippen MR) is 54.9 cm³/mol. The summed E-state index contributed by atoms with van der Waals surface area (Å²) in [5, 5.41) is 0. The smallest absolute Gasteiger partial charge is 0.128 e. The molecule has 0 spiro atoms. The fourth-order valence-electron chi connectivity index (χ4n) is 1.57. The minimum atomic E-state index is 0.786. The summed E-state index contributed by atoms with van der Waals surface area (Å²) in [6.45, 7) is 3.52. The third kappa shape index (κ3) is 1.99. The van der Waals surface area contributed by atoms with E-state index in [-0.39, 0.29) is 0 Å². The number of morpholine rings is 1. The zero-order valence-corrected chi connectivity index (χ0v) is 8.32. The lowest BCUT2D eigenvalue weighted by Gasteiger charge is -2.28. The fourth-order valence-corrected chi connectivity index (χ4v) is 1.57. The fraction of sp³-hybridized carbons (Fsp3) is 0.455. The minimum Gasteiger partial charge on any atom is -0.496 e. The maximum Gasteiger partial charge on any atom is 0.128 e. The molecule has 1 heterocycles. The molecule has 0 unspecified atom stereocenters. The Kier molecular flexibility index (Phi) is 2.89. The molecule has 14 heavy (non-hydrogen) atoms. The van der Waals surface area contributed by atoms with Crippen molar-refractivity contribution in [2.24, 2.45) is 0 Å². The van der Waals surface area contributed by atoms with Gasteiger partial charge in [-0.1, -0.05) is 0 Å². The second-order valence-corrected chi connectivity index (χ2v) is 3.21. The summed E-state index contributed by atoms with van der Waals surface area (Å²) in [6.07, 6.45) is 0. The van der Waals surface area contributed by atoms with E-state index in [0.717, 1.165) is 32.1 Å². The van der Waals surface area contributed by atoms with Crippen molar-refractivity contribution in [2.75, 3.05) is 38.3 Å². The standard InChI is InChI=1S/C11H14NO2/c1-13-11-4-2-3-10(9-11)12-5-7-14-8-6-12/h2-3,9H,5-8H2,1H3. The van der Waals surface area contributed by atoms with Crippen LogP contribution in [0, 0.1) is 6.07 Å². The number of hydrogen-bond acceptors (Lipinski definition) is 3. The van der Waals surface area contributed by atoms with Crippen LogP contribution in [0.2, 0.25) is 0 Å². The minimum absolute atomic E-state index is 0.786. The van der Waals surface area contributed by atoms with E-state index in [9.17, 15) is 0 Å². The molecule has 0 aromatic heterocycles. The molecular weight excluding hydrogens is 178 g/mol. The van der Waals surface area contributed by atoms with E-state index < -0.39 is 0 Å². The Morgan fingerprint density at radius 3 is 2.93 bits per heavy atom. The van der Waals surface area contributed by atoms with Crippen LogP contribution in [0.1, 0.15) is 0 Å². The van der Waals surface area contributed by atoms with Gasteiger partial charge in [-0.2, -0.15) is 0 Å². The lowest BCUT2D eigenvalue weighted by atomic mass is 10.2. The molecule has 0 atom stereocenters. The molecule has 0 saturated carbocycles. The van der Waals surface area contributed by atoms with Gasteiger partial charge < -0.3 is 14.4 Å². The molecule has 3 nitrogen and oxygen atoms in total. The van der Waals surface area contributed by atoms with Crippen molar-refractivity contribution in [3.63, 3.8) is 0 Å². The van der Waals surface area contributed by atoms with Gasteiger partial charge in [-0.05, 0) is 12.1 Å². The van der Waals surface area contributed by atoms with Crippen LogP contribution in [0.4, 0.5) is 5.69 Å². The van der Waals surface area contributed by atoms with Gasteiger partial charge in [0.2, 0.25) is 0 Å². The predicted octanol–water partition coefficient (Wildman–Crippen LogP) is 1.33. The maximum absolute atomic E-state index is 5.30. The Morgan fingerprint density at radius 2 is 2.21 bits per heavy atom. The molecule has 0 N–H and O–H groups in total. The lowest BCUT2D eigenvalue weighted by Crippen LogP contribution is -2.36. The number of methoxy groups -OCH3 is 1. The molecule has 1 aromatic carbocycles.